The van der Waals surface area contributed by atoms with Gasteiger partial charge < -0.3 is 4.74 Å². The van der Waals surface area contributed by atoms with Crippen molar-refractivity contribution in [2.45, 2.75) is 6.92 Å². The van der Waals surface area contributed by atoms with Gasteiger partial charge in [0.25, 0.3) is 0 Å². The smallest absolute Gasteiger partial charge is 0.310 e. The molecule has 0 aliphatic carbocycles. The topological polar surface area (TPSA) is 26.3 Å². The molecule has 1 radical (unpaired) electrons. The summed E-state index contributed by atoms with van der Waals surface area (Å²) in [7, 11) is 2.56. The first-order valence-electron chi connectivity index (χ1n) is 2.51. The van der Waals surface area contributed by atoms with E-state index in [9.17, 15) is 4.79 Å². The van der Waals surface area contributed by atoms with E-state index < -0.39 is 0 Å². The zero-order valence-electron chi connectivity index (χ0n) is 5.18. The lowest BCUT2D eigenvalue weighted by molar-refractivity contribution is -0.137. The first kappa shape index (κ1) is 7.90. The van der Waals surface area contributed by atoms with Crippen molar-refractivity contribution >= 4 is 14.6 Å². The fraction of sp³-hybridized carbons (Fsp3) is 0.800. The molecule has 0 aromatic rings. The van der Waals surface area contributed by atoms with E-state index in [0.29, 0.717) is 6.16 Å². The fourth-order valence-corrected chi connectivity index (χ4v) is 0.803. The van der Waals surface area contributed by atoms with E-state index in [1.807, 2.05) is 6.92 Å². The molecular formula is C5H10O2P. The van der Waals surface area contributed by atoms with Crippen molar-refractivity contribution in [1.29, 1.82) is 0 Å². The molecule has 0 aliphatic heterocycles. The van der Waals surface area contributed by atoms with Crippen molar-refractivity contribution in [1.82, 2.24) is 0 Å². The van der Waals surface area contributed by atoms with Crippen LogP contribution in [0.15, 0.2) is 0 Å². The largest absolute Gasteiger partial charge is 0.469 e. The Bertz CT molecular complexity index is 72.8. The van der Waals surface area contributed by atoms with Crippen LogP contribution >= 0.6 is 8.58 Å². The van der Waals surface area contributed by atoms with Crippen LogP contribution in [0.2, 0.25) is 0 Å². The maximum absolute atomic E-state index is 10.3. The number of methoxy groups -OCH3 is 1. The van der Waals surface area contributed by atoms with E-state index in [1.54, 1.807) is 0 Å². The molecule has 0 rings (SSSR count). The summed E-state index contributed by atoms with van der Waals surface area (Å²) in [6, 6.07) is 0. The molecule has 0 heterocycles. The first-order valence-corrected chi connectivity index (χ1v) is 3.77. The van der Waals surface area contributed by atoms with Gasteiger partial charge in [-0.3, -0.25) is 4.79 Å². The lowest BCUT2D eigenvalue weighted by Gasteiger charge is -1.93. The van der Waals surface area contributed by atoms with Crippen molar-refractivity contribution in [3.8, 4) is 0 Å². The highest BCUT2D eigenvalue weighted by Crippen LogP contribution is 2.06. The van der Waals surface area contributed by atoms with Crippen LogP contribution in [-0.2, 0) is 9.53 Å². The molecule has 3 heteroatoms. The number of carbonyl (C=O) groups excluding carboxylic acids is 1. The average Bonchev–Trinajstić information content (AvgIpc) is 1.83. The minimum absolute atomic E-state index is 0.117. The second kappa shape index (κ2) is 5.04. The first-order chi connectivity index (χ1) is 3.81. The van der Waals surface area contributed by atoms with Crippen molar-refractivity contribution in [2.75, 3.05) is 19.4 Å². The zero-order valence-corrected chi connectivity index (χ0v) is 6.07. The third-order valence-electron chi connectivity index (χ3n) is 0.692. The number of esters is 1. The lowest BCUT2D eigenvalue weighted by atomic mass is 10.8. The van der Waals surface area contributed by atoms with E-state index in [2.05, 4.69) is 4.74 Å². The summed E-state index contributed by atoms with van der Waals surface area (Å²) in [4.78, 5) is 10.3. The molecule has 0 N–H and O–H groups in total. The Morgan fingerprint density at radius 2 is 2.38 bits per heavy atom. The van der Waals surface area contributed by atoms with Gasteiger partial charge in [-0.05, 0) is 6.16 Å². The molecule has 2 nitrogen and oxygen atoms in total. The molecule has 0 fully saturated rings. The van der Waals surface area contributed by atoms with Crippen LogP contribution in [0.1, 0.15) is 6.92 Å². The summed E-state index contributed by atoms with van der Waals surface area (Å²) in [5.74, 6) is -0.117. The normalized spacial score (nSPS) is 10.2. The van der Waals surface area contributed by atoms with E-state index >= 15 is 0 Å². The van der Waals surface area contributed by atoms with Gasteiger partial charge in [-0.2, -0.15) is 0 Å². The van der Waals surface area contributed by atoms with Crippen LogP contribution in [0.5, 0.6) is 0 Å². The molecule has 0 aliphatic rings. The summed E-state index contributed by atoms with van der Waals surface area (Å²) in [5, 5.41) is 0. The SMILES string of the molecule is CC[P]CC(=O)OC. The highest BCUT2D eigenvalue weighted by molar-refractivity contribution is 7.39. The molecule has 0 aromatic heterocycles. The van der Waals surface area contributed by atoms with E-state index in [4.69, 9.17) is 0 Å². The van der Waals surface area contributed by atoms with Gasteiger partial charge >= 0.3 is 5.97 Å². The number of carbonyl (C=O) groups is 1. The van der Waals surface area contributed by atoms with Gasteiger partial charge in [0, 0.05) is 0 Å². The Morgan fingerprint density at radius 1 is 1.75 bits per heavy atom. The van der Waals surface area contributed by atoms with Crippen molar-refractivity contribution in [3.63, 3.8) is 0 Å². The van der Waals surface area contributed by atoms with Gasteiger partial charge in [0.15, 0.2) is 0 Å². The summed E-state index contributed by atoms with van der Waals surface area (Å²) in [6.45, 7) is 2.03. The molecule has 0 bridgehead atoms. The Labute approximate surface area is 51.4 Å². The molecule has 8 heavy (non-hydrogen) atoms. The third kappa shape index (κ3) is 4.07. The fourth-order valence-electron chi connectivity index (χ4n) is 0.268. The summed E-state index contributed by atoms with van der Waals surface area (Å²) in [6.07, 6.45) is 1.56. The number of rotatable bonds is 3. The van der Waals surface area contributed by atoms with Crippen molar-refractivity contribution < 1.29 is 9.53 Å². The lowest BCUT2D eigenvalue weighted by Crippen LogP contribution is -2.01. The predicted octanol–water partition coefficient (Wildman–Crippen LogP) is 1.13. The Balaban J connectivity index is 2.99. The Kier molecular flexibility index (Phi) is 4.98. The van der Waals surface area contributed by atoms with Gasteiger partial charge in [-0.15, -0.1) is 0 Å². The second-order valence-electron chi connectivity index (χ2n) is 1.27. The molecule has 0 saturated carbocycles. The molecule has 0 aromatic carbocycles. The average molecular weight is 133 g/mol. The van der Waals surface area contributed by atoms with E-state index in [1.165, 1.54) is 7.11 Å². The molecule has 0 unspecified atom stereocenters. The van der Waals surface area contributed by atoms with Crippen molar-refractivity contribution in [3.05, 3.63) is 0 Å². The minimum Gasteiger partial charge on any atom is -0.469 e. The second-order valence-corrected chi connectivity index (χ2v) is 2.67. The summed E-state index contributed by atoms with van der Waals surface area (Å²) in [5.41, 5.74) is 0. The van der Waals surface area contributed by atoms with Crippen LogP contribution in [-0.4, -0.2) is 25.4 Å². The molecule has 0 spiro atoms. The Morgan fingerprint density at radius 3 is 2.75 bits per heavy atom. The van der Waals surface area contributed by atoms with E-state index in [0.717, 1.165) is 14.7 Å². The summed E-state index contributed by atoms with van der Waals surface area (Å²) < 4.78 is 4.41. The predicted molar refractivity (Wildman–Crippen MR) is 34.3 cm³/mol. The number of ether oxygens (including phenoxy) is 1. The van der Waals surface area contributed by atoms with Crippen LogP contribution in [0.3, 0.4) is 0 Å². The van der Waals surface area contributed by atoms with E-state index in [-0.39, 0.29) is 5.97 Å². The van der Waals surface area contributed by atoms with Crippen LogP contribution in [0.25, 0.3) is 0 Å². The van der Waals surface area contributed by atoms with Gasteiger partial charge in [0.2, 0.25) is 0 Å². The van der Waals surface area contributed by atoms with Gasteiger partial charge in [-0.25, -0.2) is 0 Å². The zero-order chi connectivity index (χ0) is 6.41. The maximum Gasteiger partial charge on any atom is 0.310 e. The monoisotopic (exact) mass is 133 g/mol. The van der Waals surface area contributed by atoms with Gasteiger partial charge in [0.1, 0.15) is 0 Å². The van der Waals surface area contributed by atoms with Gasteiger partial charge in [-0.1, -0.05) is 15.5 Å². The highest BCUT2D eigenvalue weighted by Gasteiger charge is 1.95. The van der Waals surface area contributed by atoms with Crippen LogP contribution < -0.4 is 0 Å². The van der Waals surface area contributed by atoms with Crippen LogP contribution in [0, 0.1) is 0 Å². The van der Waals surface area contributed by atoms with Crippen molar-refractivity contribution in [2.24, 2.45) is 0 Å². The number of hydrogen-bond acceptors (Lipinski definition) is 2. The maximum atomic E-state index is 10.3. The quantitative estimate of drug-likeness (QED) is 0.426. The Hall–Kier alpha value is -0.100. The van der Waals surface area contributed by atoms with Gasteiger partial charge in [0.05, 0.1) is 13.3 Å². The summed E-state index contributed by atoms with van der Waals surface area (Å²) >= 11 is 0. The molecule has 0 atom stereocenters. The number of hydrogen-bond donors (Lipinski definition) is 0. The molecule has 0 amide bonds. The van der Waals surface area contributed by atoms with Crippen LogP contribution in [0.4, 0.5) is 0 Å². The highest BCUT2D eigenvalue weighted by atomic mass is 31.1. The molecular weight excluding hydrogens is 123 g/mol. The standard InChI is InChI=1S/C5H10O2P/c1-3-8-4-5(6)7-2/h3-4H2,1-2H3. The molecule has 47 valence electrons. The molecule has 0 saturated heterocycles. The minimum atomic E-state index is -0.117. The third-order valence-corrected chi connectivity index (χ3v) is 1.62.